The van der Waals surface area contributed by atoms with Crippen molar-refractivity contribution in [3.05, 3.63) is 103 Å². The molecule has 1 aliphatic rings. The van der Waals surface area contributed by atoms with Crippen LogP contribution in [0.4, 0.5) is 11.8 Å². The maximum Gasteiger partial charge on any atom is 0.241 e. The second kappa shape index (κ2) is 13.9. The summed E-state index contributed by atoms with van der Waals surface area (Å²) in [5.41, 5.74) is 2.04. The van der Waals surface area contributed by atoms with Crippen LogP contribution in [0.25, 0.3) is 21.7 Å². The lowest BCUT2D eigenvalue weighted by molar-refractivity contribution is 0.320. The van der Waals surface area contributed by atoms with Crippen molar-refractivity contribution in [2.45, 2.75) is 49.1 Å². The van der Waals surface area contributed by atoms with Gasteiger partial charge < -0.3 is 15.5 Å². The molecule has 8 nitrogen and oxygen atoms in total. The SMILES string of the molecule is CN(C)c1nc(N[C@H]2CC[C@@H](CNC[C@H](Cc3ccccc3)NS(=O)(=O)c3cccc4ccccc34)CC2)nc2ccccc12. The van der Waals surface area contributed by atoms with Gasteiger partial charge in [-0.05, 0) is 73.7 Å². The normalized spacial score (nSPS) is 17.7. The van der Waals surface area contributed by atoms with Gasteiger partial charge in [0.05, 0.1) is 10.4 Å². The molecule has 0 unspecified atom stereocenters. The molecular formula is C36H42N6O2S. The highest BCUT2D eigenvalue weighted by Gasteiger charge is 2.25. The van der Waals surface area contributed by atoms with Crippen LogP contribution in [-0.2, 0) is 16.4 Å². The van der Waals surface area contributed by atoms with Gasteiger partial charge in [0, 0.05) is 43.5 Å². The number of nitrogens with zero attached hydrogens (tertiary/aromatic N) is 3. The molecule has 1 aliphatic carbocycles. The van der Waals surface area contributed by atoms with E-state index in [1.54, 1.807) is 12.1 Å². The van der Waals surface area contributed by atoms with E-state index in [9.17, 15) is 8.42 Å². The summed E-state index contributed by atoms with van der Waals surface area (Å²) < 4.78 is 30.4. The average molecular weight is 623 g/mol. The van der Waals surface area contributed by atoms with Gasteiger partial charge in [-0.3, -0.25) is 0 Å². The Balaban J connectivity index is 1.06. The molecule has 1 aromatic heterocycles. The minimum Gasteiger partial charge on any atom is -0.362 e. The summed E-state index contributed by atoms with van der Waals surface area (Å²) in [7, 11) is 0.285. The molecule has 234 valence electrons. The van der Waals surface area contributed by atoms with Crippen LogP contribution in [0.3, 0.4) is 0 Å². The van der Waals surface area contributed by atoms with E-state index >= 15 is 0 Å². The fourth-order valence-corrected chi connectivity index (χ4v) is 7.85. The van der Waals surface area contributed by atoms with Gasteiger partial charge in [0.25, 0.3) is 0 Å². The van der Waals surface area contributed by atoms with Crippen molar-refractivity contribution in [3.8, 4) is 0 Å². The van der Waals surface area contributed by atoms with Crippen molar-refractivity contribution in [2.75, 3.05) is 37.4 Å². The number of sulfonamides is 1. The molecule has 1 atom stereocenters. The van der Waals surface area contributed by atoms with Crippen molar-refractivity contribution < 1.29 is 8.42 Å². The molecule has 0 spiro atoms. The lowest BCUT2D eigenvalue weighted by Gasteiger charge is -2.30. The second-order valence-corrected chi connectivity index (χ2v) is 14.0. The van der Waals surface area contributed by atoms with E-state index < -0.39 is 10.0 Å². The van der Waals surface area contributed by atoms with Crippen molar-refractivity contribution in [1.82, 2.24) is 20.0 Å². The van der Waals surface area contributed by atoms with Crippen LogP contribution in [0.15, 0.2) is 102 Å². The smallest absolute Gasteiger partial charge is 0.241 e. The zero-order valence-electron chi connectivity index (χ0n) is 26.0. The Bertz CT molecular complexity index is 1830. The topological polar surface area (TPSA) is 99.3 Å². The first kappa shape index (κ1) is 31.0. The highest BCUT2D eigenvalue weighted by molar-refractivity contribution is 7.89. The Hall–Kier alpha value is -4.05. The van der Waals surface area contributed by atoms with Gasteiger partial charge in [-0.25, -0.2) is 18.1 Å². The Kier molecular flexibility index (Phi) is 9.59. The Morgan fingerprint density at radius 2 is 1.49 bits per heavy atom. The van der Waals surface area contributed by atoms with Crippen LogP contribution in [0.2, 0.25) is 0 Å². The zero-order chi connectivity index (χ0) is 31.2. The standard InChI is InChI=1S/C36H42N6O2S/c1-42(2)35-32-16-8-9-17-33(32)39-36(40-35)38-29-21-19-27(20-22-29)24-37-25-30(23-26-11-4-3-5-12-26)41-45(43,44)34-18-10-14-28-13-6-7-15-31(28)34/h3-18,27,29-30,37,41H,19-25H2,1-2H3,(H,38,39,40)/t27-,29+,30-/m0/s1. The summed E-state index contributed by atoms with van der Waals surface area (Å²) in [4.78, 5) is 12.0. The molecule has 1 heterocycles. The molecule has 1 saturated carbocycles. The van der Waals surface area contributed by atoms with Crippen LogP contribution in [0.5, 0.6) is 0 Å². The quantitative estimate of drug-likeness (QED) is 0.157. The van der Waals surface area contributed by atoms with Crippen LogP contribution in [0.1, 0.15) is 31.2 Å². The highest BCUT2D eigenvalue weighted by Crippen LogP contribution is 2.28. The number of hydrogen-bond donors (Lipinski definition) is 3. The number of rotatable bonds is 12. The predicted molar refractivity (Wildman–Crippen MR) is 184 cm³/mol. The summed E-state index contributed by atoms with van der Waals surface area (Å²) >= 11 is 0. The molecule has 3 N–H and O–H groups in total. The minimum absolute atomic E-state index is 0.287. The van der Waals surface area contributed by atoms with Gasteiger partial charge in [-0.15, -0.1) is 0 Å². The monoisotopic (exact) mass is 622 g/mol. The largest absolute Gasteiger partial charge is 0.362 e. The lowest BCUT2D eigenvalue weighted by atomic mass is 9.86. The van der Waals surface area contributed by atoms with Crippen LogP contribution in [-0.4, -0.2) is 57.7 Å². The average Bonchev–Trinajstić information content (AvgIpc) is 3.05. The molecule has 0 aliphatic heterocycles. The van der Waals surface area contributed by atoms with Crippen molar-refractivity contribution in [1.29, 1.82) is 0 Å². The van der Waals surface area contributed by atoms with Gasteiger partial charge in [0.1, 0.15) is 5.82 Å². The van der Waals surface area contributed by atoms with Gasteiger partial charge in [0.15, 0.2) is 0 Å². The van der Waals surface area contributed by atoms with E-state index in [1.807, 2.05) is 97.9 Å². The van der Waals surface area contributed by atoms with Gasteiger partial charge in [-0.2, -0.15) is 4.98 Å². The number of benzene rings is 4. The highest BCUT2D eigenvalue weighted by atomic mass is 32.2. The minimum atomic E-state index is -3.73. The van der Waals surface area contributed by atoms with Crippen LogP contribution in [0, 0.1) is 5.92 Å². The van der Waals surface area contributed by atoms with Gasteiger partial charge in [-0.1, -0.05) is 78.9 Å². The number of anilines is 2. The zero-order valence-corrected chi connectivity index (χ0v) is 26.8. The molecule has 6 rings (SSSR count). The third-order valence-corrected chi connectivity index (χ3v) is 10.3. The first-order valence-corrected chi connectivity index (χ1v) is 17.3. The maximum absolute atomic E-state index is 13.7. The molecule has 1 fully saturated rings. The number of para-hydroxylation sites is 1. The Labute approximate surface area is 266 Å². The summed E-state index contributed by atoms with van der Waals surface area (Å²) in [5.74, 6) is 2.13. The number of nitrogens with one attached hydrogen (secondary N) is 3. The third-order valence-electron chi connectivity index (χ3n) is 8.70. The van der Waals surface area contributed by atoms with E-state index in [0.717, 1.165) is 65.3 Å². The number of aromatic nitrogens is 2. The van der Waals surface area contributed by atoms with Crippen molar-refractivity contribution in [2.24, 2.45) is 5.92 Å². The molecule has 5 aromatic rings. The first-order chi connectivity index (χ1) is 21.9. The molecule has 45 heavy (non-hydrogen) atoms. The third kappa shape index (κ3) is 7.61. The molecule has 0 amide bonds. The summed E-state index contributed by atoms with van der Waals surface area (Å²) in [5, 5.41) is 9.90. The fourth-order valence-electron chi connectivity index (χ4n) is 6.39. The fraction of sp³-hybridized carbons (Fsp3) is 0.333. The van der Waals surface area contributed by atoms with Crippen LogP contribution < -0.4 is 20.3 Å². The lowest BCUT2D eigenvalue weighted by Crippen LogP contribution is -2.44. The molecule has 0 bridgehead atoms. The van der Waals surface area contributed by atoms with E-state index in [1.165, 1.54) is 0 Å². The Morgan fingerprint density at radius 1 is 0.800 bits per heavy atom. The van der Waals surface area contributed by atoms with Crippen molar-refractivity contribution in [3.63, 3.8) is 0 Å². The molecule has 0 radical (unpaired) electrons. The molecule has 9 heteroatoms. The maximum atomic E-state index is 13.7. The van der Waals surface area contributed by atoms with Crippen molar-refractivity contribution >= 4 is 43.5 Å². The van der Waals surface area contributed by atoms with E-state index in [4.69, 9.17) is 9.97 Å². The molecular weight excluding hydrogens is 581 g/mol. The van der Waals surface area contributed by atoms with E-state index in [0.29, 0.717) is 35.8 Å². The second-order valence-electron chi connectivity index (χ2n) is 12.3. The van der Waals surface area contributed by atoms with Gasteiger partial charge >= 0.3 is 0 Å². The van der Waals surface area contributed by atoms with E-state index in [-0.39, 0.29) is 6.04 Å². The van der Waals surface area contributed by atoms with Gasteiger partial charge in [0.2, 0.25) is 16.0 Å². The van der Waals surface area contributed by atoms with E-state index in [2.05, 4.69) is 21.4 Å². The first-order valence-electron chi connectivity index (χ1n) is 15.8. The predicted octanol–water partition coefficient (Wildman–Crippen LogP) is 6.00. The molecule has 0 saturated heterocycles. The summed E-state index contributed by atoms with van der Waals surface area (Å²) in [6, 6.07) is 31.3. The number of fused-ring (bicyclic) bond motifs is 2. The summed E-state index contributed by atoms with van der Waals surface area (Å²) in [6.45, 7) is 1.40. The van der Waals surface area contributed by atoms with Crippen LogP contribution >= 0.6 is 0 Å². The summed E-state index contributed by atoms with van der Waals surface area (Å²) in [6.07, 6.45) is 4.87. The molecule has 4 aromatic carbocycles. The number of hydrogen-bond acceptors (Lipinski definition) is 7. The Morgan fingerprint density at radius 3 is 2.27 bits per heavy atom.